The molecule has 3 rings (SSSR count). The van der Waals surface area contributed by atoms with Crippen LogP contribution in [0.15, 0.2) is 24.7 Å². The highest BCUT2D eigenvalue weighted by molar-refractivity contribution is 7.12. The molecule has 0 amide bonds. The maximum Gasteiger partial charge on any atom is 0.0753 e. The van der Waals surface area contributed by atoms with Gasteiger partial charge in [-0.15, -0.1) is 11.3 Å². The van der Waals surface area contributed by atoms with Crippen LogP contribution >= 0.6 is 11.3 Å². The minimum absolute atomic E-state index is 0.246. The van der Waals surface area contributed by atoms with Gasteiger partial charge in [0.15, 0.2) is 0 Å². The maximum absolute atomic E-state index is 4.32. The Bertz CT molecular complexity index is 500. The summed E-state index contributed by atoms with van der Waals surface area (Å²) in [7, 11) is 0. The zero-order valence-electron chi connectivity index (χ0n) is 10.5. The predicted octanol–water partition coefficient (Wildman–Crippen LogP) is 2.88. The summed E-state index contributed by atoms with van der Waals surface area (Å²) in [6, 6.07) is 2.61. The number of nitrogens with one attached hydrogen (secondary N) is 1. The van der Waals surface area contributed by atoms with Crippen molar-refractivity contribution in [3.8, 4) is 0 Å². The van der Waals surface area contributed by atoms with Crippen LogP contribution < -0.4 is 5.32 Å². The lowest BCUT2D eigenvalue weighted by Crippen LogP contribution is -2.18. The van der Waals surface area contributed by atoms with Gasteiger partial charge in [-0.25, -0.2) is 0 Å². The molecule has 2 aromatic heterocycles. The van der Waals surface area contributed by atoms with Crippen LogP contribution in [0.25, 0.3) is 0 Å². The molecule has 0 saturated carbocycles. The quantitative estimate of drug-likeness (QED) is 0.917. The first-order valence-corrected chi connectivity index (χ1v) is 7.24. The SMILES string of the molecule is CC(NCc1cc2c(s1)CCC2)c1cnccn1. The van der Waals surface area contributed by atoms with Crippen molar-refractivity contribution in [2.45, 2.75) is 38.8 Å². The molecule has 0 fully saturated rings. The fourth-order valence-corrected chi connectivity index (χ4v) is 3.58. The average molecular weight is 259 g/mol. The zero-order chi connectivity index (χ0) is 12.4. The van der Waals surface area contributed by atoms with Gasteiger partial charge in [-0.3, -0.25) is 9.97 Å². The number of rotatable bonds is 4. The fraction of sp³-hybridized carbons (Fsp3) is 0.429. The Labute approximate surface area is 111 Å². The molecule has 0 bridgehead atoms. The van der Waals surface area contributed by atoms with E-state index >= 15 is 0 Å². The predicted molar refractivity (Wildman–Crippen MR) is 73.6 cm³/mol. The van der Waals surface area contributed by atoms with E-state index in [4.69, 9.17) is 0 Å². The summed E-state index contributed by atoms with van der Waals surface area (Å²) >= 11 is 1.96. The molecule has 2 aromatic rings. The molecule has 1 aliphatic carbocycles. The monoisotopic (exact) mass is 259 g/mol. The van der Waals surface area contributed by atoms with Gasteiger partial charge in [-0.1, -0.05) is 0 Å². The standard InChI is InChI=1S/C14H17N3S/c1-10(13-9-15-5-6-16-13)17-8-12-7-11-3-2-4-14(11)18-12/h5-7,9-10,17H,2-4,8H2,1H3. The van der Waals surface area contributed by atoms with E-state index in [2.05, 4.69) is 28.3 Å². The van der Waals surface area contributed by atoms with Crippen molar-refractivity contribution in [2.24, 2.45) is 0 Å². The van der Waals surface area contributed by atoms with E-state index in [1.807, 2.05) is 17.5 Å². The molecule has 1 unspecified atom stereocenters. The van der Waals surface area contributed by atoms with E-state index in [1.165, 1.54) is 24.1 Å². The molecule has 1 aliphatic rings. The van der Waals surface area contributed by atoms with Crippen molar-refractivity contribution >= 4 is 11.3 Å². The van der Waals surface area contributed by atoms with Crippen LogP contribution in [0.3, 0.4) is 0 Å². The van der Waals surface area contributed by atoms with Gasteiger partial charge in [-0.2, -0.15) is 0 Å². The fourth-order valence-electron chi connectivity index (χ4n) is 2.37. The first kappa shape index (κ1) is 11.8. The summed E-state index contributed by atoms with van der Waals surface area (Å²) in [6.07, 6.45) is 9.16. The molecule has 3 nitrogen and oxygen atoms in total. The Hall–Kier alpha value is -1.26. The number of hydrogen-bond acceptors (Lipinski definition) is 4. The lowest BCUT2D eigenvalue weighted by Gasteiger charge is -2.11. The third kappa shape index (κ3) is 2.44. The highest BCUT2D eigenvalue weighted by Crippen LogP contribution is 2.30. The summed E-state index contributed by atoms with van der Waals surface area (Å²) in [6.45, 7) is 3.06. The van der Waals surface area contributed by atoms with Crippen LogP contribution in [0.2, 0.25) is 0 Å². The van der Waals surface area contributed by atoms with E-state index in [0.29, 0.717) is 0 Å². The highest BCUT2D eigenvalue weighted by atomic mass is 32.1. The largest absolute Gasteiger partial charge is 0.304 e. The van der Waals surface area contributed by atoms with Crippen molar-refractivity contribution in [1.29, 1.82) is 0 Å². The molecule has 1 N–H and O–H groups in total. The number of aromatic nitrogens is 2. The topological polar surface area (TPSA) is 37.8 Å². The first-order chi connectivity index (χ1) is 8.83. The molecule has 1 atom stereocenters. The van der Waals surface area contributed by atoms with Gasteiger partial charge in [0.1, 0.15) is 0 Å². The summed E-state index contributed by atoms with van der Waals surface area (Å²) in [5.74, 6) is 0. The van der Waals surface area contributed by atoms with Crippen LogP contribution in [0.1, 0.15) is 40.4 Å². The van der Waals surface area contributed by atoms with Crippen LogP contribution in [0.5, 0.6) is 0 Å². The Morgan fingerprint density at radius 3 is 3.11 bits per heavy atom. The van der Waals surface area contributed by atoms with Crippen molar-refractivity contribution in [3.05, 3.63) is 45.7 Å². The minimum atomic E-state index is 0.246. The maximum atomic E-state index is 4.32. The van der Waals surface area contributed by atoms with Gasteiger partial charge in [0, 0.05) is 40.9 Å². The molecular formula is C14H17N3S. The van der Waals surface area contributed by atoms with Gasteiger partial charge >= 0.3 is 0 Å². The minimum Gasteiger partial charge on any atom is -0.304 e. The van der Waals surface area contributed by atoms with Crippen molar-refractivity contribution in [1.82, 2.24) is 15.3 Å². The molecule has 94 valence electrons. The molecule has 0 aromatic carbocycles. The third-order valence-electron chi connectivity index (χ3n) is 3.41. The smallest absolute Gasteiger partial charge is 0.0753 e. The molecule has 0 saturated heterocycles. The molecule has 0 radical (unpaired) electrons. The van der Waals surface area contributed by atoms with Gasteiger partial charge in [0.05, 0.1) is 5.69 Å². The van der Waals surface area contributed by atoms with Crippen LogP contribution in [-0.4, -0.2) is 9.97 Å². The summed E-state index contributed by atoms with van der Waals surface area (Å²) in [4.78, 5) is 11.5. The normalized spacial score (nSPS) is 15.6. The molecular weight excluding hydrogens is 242 g/mol. The second-order valence-electron chi connectivity index (χ2n) is 4.75. The Morgan fingerprint density at radius 2 is 2.33 bits per heavy atom. The van der Waals surface area contributed by atoms with E-state index in [1.54, 1.807) is 22.8 Å². The van der Waals surface area contributed by atoms with E-state index in [-0.39, 0.29) is 6.04 Å². The highest BCUT2D eigenvalue weighted by Gasteiger charge is 2.15. The zero-order valence-corrected chi connectivity index (χ0v) is 11.3. The molecule has 2 heterocycles. The van der Waals surface area contributed by atoms with E-state index in [9.17, 15) is 0 Å². The van der Waals surface area contributed by atoms with E-state index in [0.717, 1.165) is 12.2 Å². The lowest BCUT2D eigenvalue weighted by atomic mass is 10.2. The van der Waals surface area contributed by atoms with Crippen LogP contribution in [0.4, 0.5) is 0 Å². The lowest BCUT2D eigenvalue weighted by molar-refractivity contribution is 0.563. The van der Waals surface area contributed by atoms with Crippen molar-refractivity contribution in [2.75, 3.05) is 0 Å². The van der Waals surface area contributed by atoms with Crippen molar-refractivity contribution in [3.63, 3.8) is 0 Å². The van der Waals surface area contributed by atoms with Crippen molar-refractivity contribution < 1.29 is 0 Å². The Morgan fingerprint density at radius 1 is 1.39 bits per heavy atom. The Balaban J connectivity index is 1.60. The summed E-state index contributed by atoms with van der Waals surface area (Å²) in [5, 5.41) is 3.51. The van der Waals surface area contributed by atoms with E-state index < -0.39 is 0 Å². The summed E-state index contributed by atoms with van der Waals surface area (Å²) < 4.78 is 0. The molecule has 0 spiro atoms. The van der Waals surface area contributed by atoms with Gasteiger partial charge in [-0.05, 0) is 37.8 Å². The van der Waals surface area contributed by atoms with Gasteiger partial charge in [0.25, 0.3) is 0 Å². The molecule has 4 heteroatoms. The third-order valence-corrected chi connectivity index (χ3v) is 4.64. The molecule has 18 heavy (non-hydrogen) atoms. The number of nitrogens with zero attached hydrogens (tertiary/aromatic N) is 2. The Kier molecular flexibility index (Phi) is 3.39. The number of hydrogen-bond donors (Lipinski definition) is 1. The summed E-state index contributed by atoms with van der Waals surface area (Å²) in [5.41, 5.74) is 2.57. The van der Waals surface area contributed by atoms with Crippen LogP contribution in [0, 0.1) is 0 Å². The second kappa shape index (κ2) is 5.16. The number of thiophene rings is 1. The number of fused-ring (bicyclic) bond motifs is 1. The van der Waals surface area contributed by atoms with Crippen LogP contribution in [-0.2, 0) is 19.4 Å². The number of aryl methyl sites for hydroxylation is 2. The molecule has 0 aliphatic heterocycles. The second-order valence-corrected chi connectivity index (χ2v) is 5.97. The van der Waals surface area contributed by atoms with Gasteiger partial charge in [0.2, 0.25) is 0 Å². The first-order valence-electron chi connectivity index (χ1n) is 6.42. The van der Waals surface area contributed by atoms with Gasteiger partial charge < -0.3 is 5.32 Å². The average Bonchev–Trinajstić information content (AvgIpc) is 2.97.